The minimum Gasteiger partial charge on any atom is -0.494 e. The van der Waals surface area contributed by atoms with Gasteiger partial charge in [0.25, 0.3) is 5.91 Å². The summed E-state index contributed by atoms with van der Waals surface area (Å²) in [5, 5.41) is 3.13. The van der Waals surface area contributed by atoms with Crippen LogP contribution in [0.3, 0.4) is 0 Å². The van der Waals surface area contributed by atoms with Crippen molar-refractivity contribution >= 4 is 17.5 Å². The van der Waals surface area contributed by atoms with Gasteiger partial charge < -0.3 is 14.8 Å². The highest BCUT2D eigenvalue weighted by atomic mass is 35.5. The van der Waals surface area contributed by atoms with Gasteiger partial charge in [0.2, 0.25) is 0 Å². The van der Waals surface area contributed by atoms with Crippen LogP contribution >= 0.6 is 11.6 Å². The molecule has 0 bridgehead atoms. The normalized spacial score (nSPS) is 15.9. The minimum absolute atomic E-state index is 0.209. The van der Waals surface area contributed by atoms with Crippen molar-refractivity contribution in [3.8, 4) is 5.75 Å². The molecule has 110 valence electrons. The van der Waals surface area contributed by atoms with Crippen LogP contribution in [0.5, 0.6) is 5.75 Å². The number of rotatable bonds is 5. The van der Waals surface area contributed by atoms with Gasteiger partial charge in [-0.3, -0.25) is 9.69 Å². The Labute approximate surface area is 123 Å². The third-order valence-corrected chi connectivity index (χ3v) is 3.32. The van der Waals surface area contributed by atoms with Gasteiger partial charge in [-0.05, 0) is 6.07 Å². The number of pyridine rings is 1. The second-order valence-corrected chi connectivity index (χ2v) is 4.80. The second kappa shape index (κ2) is 7.42. The molecule has 1 amide bonds. The van der Waals surface area contributed by atoms with E-state index < -0.39 is 0 Å². The molecule has 1 aliphatic heterocycles. The van der Waals surface area contributed by atoms with E-state index >= 15 is 0 Å². The second-order valence-electron chi connectivity index (χ2n) is 4.42. The van der Waals surface area contributed by atoms with Gasteiger partial charge in [-0.15, -0.1) is 0 Å². The fourth-order valence-electron chi connectivity index (χ4n) is 2.00. The largest absolute Gasteiger partial charge is 0.494 e. The fraction of sp³-hybridized carbons (Fsp3) is 0.538. The third-order valence-electron chi connectivity index (χ3n) is 3.12. The number of ether oxygens (including phenoxy) is 2. The Morgan fingerprint density at radius 2 is 2.30 bits per heavy atom. The van der Waals surface area contributed by atoms with E-state index in [0.29, 0.717) is 17.9 Å². The van der Waals surface area contributed by atoms with E-state index in [1.54, 1.807) is 0 Å². The number of carbonyl (C=O) groups is 1. The molecule has 7 heteroatoms. The number of aromatic nitrogens is 1. The number of hydrogen-bond acceptors (Lipinski definition) is 5. The van der Waals surface area contributed by atoms with E-state index in [1.165, 1.54) is 19.4 Å². The van der Waals surface area contributed by atoms with Crippen LogP contribution in [0.2, 0.25) is 5.15 Å². The first-order chi connectivity index (χ1) is 9.70. The van der Waals surface area contributed by atoms with Crippen molar-refractivity contribution in [2.75, 3.05) is 46.5 Å². The Bertz CT molecular complexity index is 464. The lowest BCUT2D eigenvalue weighted by Gasteiger charge is -2.26. The van der Waals surface area contributed by atoms with E-state index in [2.05, 4.69) is 15.2 Å². The van der Waals surface area contributed by atoms with Gasteiger partial charge in [0.1, 0.15) is 10.9 Å². The molecule has 2 rings (SSSR count). The summed E-state index contributed by atoms with van der Waals surface area (Å²) in [4.78, 5) is 18.2. The summed E-state index contributed by atoms with van der Waals surface area (Å²) in [6, 6.07) is 1.50. The van der Waals surface area contributed by atoms with Gasteiger partial charge in [-0.1, -0.05) is 11.6 Å². The highest BCUT2D eigenvalue weighted by Gasteiger charge is 2.14. The molecule has 20 heavy (non-hydrogen) atoms. The summed E-state index contributed by atoms with van der Waals surface area (Å²) in [6.45, 7) is 4.68. The van der Waals surface area contributed by atoms with Crippen LogP contribution < -0.4 is 10.1 Å². The highest BCUT2D eigenvalue weighted by molar-refractivity contribution is 6.29. The fourth-order valence-corrected chi connectivity index (χ4v) is 2.16. The number of morpholine rings is 1. The monoisotopic (exact) mass is 299 g/mol. The van der Waals surface area contributed by atoms with Crippen molar-refractivity contribution < 1.29 is 14.3 Å². The lowest BCUT2D eigenvalue weighted by molar-refractivity contribution is 0.0383. The maximum atomic E-state index is 12.1. The van der Waals surface area contributed by atoms with E-state index in [0.717, 1.165) is 32.8 Å². The lowest BCUT2D eigenvalue weighted by Crippen LogP contribution is -2.41. The number of methoxy groups -OCH3 is 1. The first kappa shape index (κ1) is 15.0. The van der Waals surface area contributed by atoms with Crippen molar-refractivity contribution in [1.29, 1.82) is 0 Å². The Hall–Kier alpha value is -1.37. The summed E-state index contributed by atoms with van der Waals surface area (Å²) in [5.41, 5.74) is 0.398. The van der Waals surface area contributed by atoms with Crippen LogP contribution in [0.15, 0.2) is 12.3 Å². The van der Waals surface area contributed by atoms with Crippen LogP contribution in [-0.2, 0) is 4.74 Å². The molecule has 0 radical (unpaired) electrons. The SMILES string of the molecule is COc1cnc(Cl)cc1C(=O)NCCN1CCOCC1. The molecular weight excluding hydrogens is 282 g/mol. The predicted molar refractivity (Wildman–Crippen MR) is 75.4 cm³/mol. The Kier molecular flexibility index (Phi) is 5.58. The van der Waals surface area contributed by atoms with E-state index in [-0.39, 0.29) is 11.1 Å². The highest BCUT2D eigenvalue weighted by Crippen LogP contribution is 2.19. The molecule has 1 aromatic heterocycles. The topological polar surface area (TPSA) is 63.7 Å². The first-order valence-corrected chi connectivity index (χ1v) is 6.86. The van der Waals surface area contributed by atoms with Gasteiger partial charge in [-0.25, -0.2) is 4.98 Å². The zero-order chi connectivity index (χ0) is 14.4. The molecule has 0 aliphatic carbocycles. The molecule has 0 unspecified atom stereocenters. The number of nitrogens with zero attached hydrogens (tertiary/aromatic N) is 2. The van der Waals surface area contributed by atoms with Crippen molar-refractivity contribution in [2.24, 2.45) is 0 Å². The van der Waals surface area contributed by atoms with Crippen molar-refractivity contribution in [3.63, 3.8) is 0 Å². The molecule has 0 atom stereocenters. The zero-order valence-corrected chi connectivity index (χ0v) is 12.2. The molecule has 1 aromatic rings. The quantitative estimate of drug-likeness (QED) is 0.815. The lowest BCUT2D eigenvalue weighted by atomic mass is 10.2. The van der Waals surface area contributed by atoms with E-state index in [4.69, 9.17) is 21.1 Å². The average molecular weight is 300 g/mol. The number of halogens is 1. The molecular formula is C13H18ClN3O3. The summed E-state index contributed by atoms with van der Waals surface area (Å²) in [7, 11) is 1.50. The Balaban J connectivity index is 1.86. The summed E-state index contributed by atoms with van der Waals surface area (Å²) in [5.74, 6) is 0.206. The maximum Gasteiger partial charge on any atom is 0.255 e. The van der Waals surface area contributed by atoms with Gasteiger partial charge in [0.05, 0.1) is 32.1 Å². The van der Waals surface area contributed by atoms with Crippen LogP contribution in [0.4, 0.5) is 0 Å². The van der Waals surface area contributed by atoms with Crippen LogP contribution in [0.25, 0.3) is 0 Å². The molecule has 2 heterocycles. The van der Waals surface area contributed by atoms with Crippen molar-refractivity contribution in [3.05, 3.63) is 23.0 Å². The smallest absolute Gasteiger partial charge is 0.255 e. The summed E-state index contributed by atoms with van der Waals surface area (Å²) in [6.07, 6.45) is 1.44. The molecule has 1 fully saturated rings. The Morgan fingerprint density at radius 1 is 1.55 bits per heavy atom. The number of nitrogens with one attached hydrogen (secondary N) is 1. The first-order valence-electron chi connectivity index (χ1n) is 6.48. The number of carbonyl (C=O) groups excluding carboxylic acids is 1. The summed E-state index contributed by atoms with van der Waals surface area (Å²) >= 11 is 5.80. The van der Waals surface area contributed by atoms with Crippen molar-refractivity contribution in [1.82, 2.24) is 15.2 Å². The molecule has 1 N–H and O–H groups in total. The zero-order valence-electron chi connectivity index (χ0n) is 11.4. The molecule has 1 aliphatic rings. The average Bonchev–Trinajstić information content (AvgIpc) is 2.48. The standard InChI is InChI=1S/C13H18ClN3O3/c1-19-11-9-16-12(14)8-10(11)13(18)15-2-3-17-4-6-20-7-5-17/h8-9H,2-7H2,1H3,(H,15,18). The molecule has 1 saturated heterocycles. The van der Waals surface area contributed by atoms with E-state index in [9.17, 15) is 4.79 Å². The van der Waals surface area contributed by atoms with Gasteiger partial charge in [-0.2, -0.15) is 0 Å². The van der Waals surface area contributed by atoms with Crippen LogP contribution in [0.1, 0.15) is 10.4 Å². The number of hydrogen-bond donors (Lipinski definition) is 1. The maximum absolute atomic E-state index is 12.1. The van der Waals surface area contributed by atoms with E-state index in [1.807, 2.05) is 0 Å². The predicted octanol–water partition coefficient (Wildman–Crippen LogP) is 0.806. The Morgan fingerprint density at radius 3 is 3.00 bits per heavy atom. The molecule has 0 spiro atoms. The molecule has 0 aromatic carbocycles. The van der Waals surface area contributed by atoms with Crippen LogP contribution in [-0.4, -0.2) is 62.3 Å². The van der Waals surface area contributed by atoms with Crippen LogP contribution in [0, 0.1) is 0 Å². The molecule has 0 saturated carbocycles. The van der Waals surface area contributed by atoms with Gasteiger partial charge in [0.15, 0.2) is 0 Å². The minimum atomic E-state index is -0.209. The van der Waals surface area contributed by atoms with Gasteiger partial charge >= 0.3 is 0 Å². The summed E-state index contributed by atoms with van der Waals surface area (Å²) < 4.78 is 10.4. The van der Waals surface area contributed by atoms with Crippen molar-refractivity contribution in [2.45, 2.75) is 0 Å². The van der Waals surface area contributed by atoms with Gasteiger partial charge in [0, 0.05) is 26.2 Å². The third kappa shape index (κ3) is 4.06. The molecule has 6 nitrogen and oxygen atoms in total. The number of amides is 1.